The van der Waals surface area contributed by atoms with Crippen molar-refractivity contribution < 1.29 is 14.3 Å². The molecule has 5 nitrogen and oxygen atoms in total. The second kappa shape index (κ2) is 12.3. The number of carbonyl (C=O) groups is 1. The number of rotatable bonds is 12. The van der Waals surface area contributed by atoms with Gasteiger partial charge in [-0.05, 0) is 53.0 Å². The van der Waals surface area contributed by atoms with Gasteiger partial charge in [0.25, 0.3) is 0 Å². The van der Waals surface area contributed by atoms with Gasteiger partial charge in [-0.2, -0.15) is 0 Å². The van der Waals surface area contributed by atoms with E-state index in [1.54, 1.807) is 0 Å². The Labute approximate surface area is 178 Å². The molecule has 0 radical (unpaired) electrons. The van der Waals surface area contributed by atoms with E-state index in [1.165, 1.54) is 0 Å². The Morgan fingerprint density at radius 3 is 2.28 bits per heavy atom. The van der Waals surface area contributed by atoms with Crippen molar-refractivity contribution in [3.63, 3.8) is 0 Å². The maximum absolute atomic E-state index is 12.6. The molecule has 0 amide bonds. The van der Waals surface area contributed by atoms with E-state index in [-0.39, 0.29) is 35.8 Å². The van der Waals surface area contributed by atoms with Crippen LogP contribution in [0.2, 0.25) is 0 Å². The van der Waals surface area contributed by atoms with Crippen LogP contribution in [0.15, 0.2) is 37.0 Å². The average molecular weight is 407 g/mol. The molecule has 3 atom stereocenters. The van der Waals surface area contributed by atoms with Crippen molar-refractivity contribution in [2.45, 2.75) is 90.6 Å². The smallest absolute Gasteiger partial charge is 0.333 e. The highest BCUT2D eigenvalue weighted by molar-refractivity contribution is 5.89. The van der Waals surface area contributed by atoms with Gasteiger partial charge in [0, 0.05) is 30.2 Å². The number of nitrogens with zero attached hydrogens (tertiary/aromatic N) is 1. The standard InChI is InChI=1S/C24H42N2O3/c1-9-14-26(15-10-2)22-20(25-24(6,7)8)16-18(23(27)28-13-5)17-21(22)29-19(11-3)12-4/h9-10,17,19-22,25H,1-2,11-16H2,3-8H3/t20-,21-,22+/m1/s1. The van der Waals surface area contributed by atoms with Crippen molar-refractivity contribution >= 4 is 5.97 Å². The van der Waals surface area contributed by atoms with Crippen molar-refractivity contribution in [3.05, 3.63) is 37.0 Å². The Morgan fingerprint density at radius 1 is 1.24 bits per heavy atom. The van der Waals surface area contributed by atoms with Gasteiger partial charge in [0.2, 0.25) is 0 Å². The van der Waals surface area contributed by atoms with Crippen LogP contribution < -0.4 is 5.32 Å². The van der Waals surface area contributed by atoms with Gasteiger partial charge in [-0.3, -0.25) is 4.90 Å². The zero-order valence-electron chi connectivity index (χ0n) is 19.4. The first kappa shape index (κ1) is 25.6. The van der Waals surface area contributed by atoms with Crippen LogP contribution in [0.1, 0.15) is 60.8 Å². The minimum Gasteiger partial charge on any atom is -0.463 e. The summed E-state index contributed by atoms with van der Waals surface area (Å²) in [6.07, 6.45) is 8.21. The number of hydrogen-bond donors (Lipinski definition) is 1. The Morgan fingerprint density at radius 2 is 1.83 bits per heavy atom. The lowest BCUT2D eigenvalue weighted by Gasteiger charge is -2.46. The molecule has 166 valence electrons. The lowest BCUT2D eigenvalue weighted by atomic mass is 9.85. The monoisotopic (exact) mass is 406 g/mol. The number of ether oxygens (including phenoxy) is 2. The van der Waals surface area contributed by atoms with Crippen LogP contribution in [0.5, 0.6) is 0 Å². The van der Waals surface area contributed by atoms with E-state index < -0.39 is 0 Å². The maximum Gasteiger partial charge on any atom is 0.333 e. The largest absolute Gasteiger partial charge is 0.463 e. The molecule has 0 aromatic carbocycles. The van der Waals surface area contributed by atoms with Crippen molar-refractivity contribution in [2.75, 3.05) is 19.7 Å². The summed E-state index contributed by atoms with van der Waals surface area (Å²) in [4.78, 5) is 14.9. The zero-order valence-corrected chi connectivity index (χ0v) is 19.4. The minimum atomic E-state index is -0.246. The molecule has 29 heavy (non-hydrogen) atoms. The lowest BCUT2D eigenvalue weighted by Crippen LogP contribution is -2.62. The van der Waals surface area contributed by atoms with Gasteiger partial charge in [-0.1, -0.05) is 26.0 Å². The van der Waals surface area contributed by atoms with Crippen molar-refractivity contribution in [2.24, 2.45) is 0 Å². The van der Waals surface area contributed by atoms with Crippen LogP contribution in [-0.2, 0) is 14.3 Å². The summed E-state index contributed by atoms with van der Waals surface area (Å²) in [5, 5.41) is 3.73. The fraction of sp³-hybridized carbons (Fsp3) is 0.708. The summed E-state index contributed by atoms with van der Waals surface area (Å²) in [6.45, 7) is 22.2. The van der Waals surface area contributed by atoms with Gasteiger partial charge < -0.3 is 14.8 Å². The number of carbonyl (C=O) groups excluding carboxylic acids is 1. The van der Waals surface area contributed by atoms with Crippen molar-refractivity contribution in [3.8, 4) is 0 Å². The Kier molecular flexibility index (Phi) is 10.9. The van der Waals surface area contributed by atoms with Crippen LogP contribution in [0.25, 0.3) is 0 Å². The second-order valence-corrected chi connectivity index (χ2v) is 8.68. The molecule has 0 bridgehead atoms. The number of nitrogens with one attached hydrogen (secondary N) is 1. The molecular weight excluding hydrogens is 364 g/mol. The predicted molar refractivity (Wildman–Crippen MR) is 121 cm³/mol. The molecule has 1 N–H and O–H groups in total. The summed E-state index contributed by atoms with van der Waals surface area (Å²) in [5.41, 5.74) is 0.589. The zero-order chi connectivity index (χ0) is 22.0. The molecule has 1 rings (SSSR count). The van der Waals surface area contributed by atoms with Crippen LogP contribution >= 0.6 is 0 Å². The fourth-order valence-electron chi connectivity index (χ4n) is 3.95. The highest BCUT2D eigenvalue weighted by Gasteiger charge is 2.41. The van der Waals surface area contributed by atoms with E-state index in [0.29, 0.717) is 18.6 Å². The maximum atomic E-state index is 12.6. The third-order valence-electron chi connectivity index (χ3n) is 5.12. The third-order valence-corrected chi connectivity index (χ3v) is 5.12. The SMILES string of the molecule is C=CCN(CC=C)[C@H]1[C@H](NC(C)(C)C)CC(C(=O)OCC)=C[C@H]1OC(CC)CC. The second-order valence-electron chi connectivity index (χ2n) is 8.68. The van der Waals surface area contributed by atoms with E-state index in [9.17, 15) is 4.79 Å². The topological polar surface area (TPSA) is 50.8 Å². The quantitative estimate of drug-likeness (QED) is 0.388. The van der Waals surface area contributed by atoms with Crippen LogP contribution in [0.4, 0.5) is 0 Å². The molecule has 0 spiro atoms. The Balaban J connectivity index is 3.40. The number of esters is 1. The summed E-state index contributed by atoms with van der Waals surface area (Å²) in [5.74, 6) is -0.246. The first-order valence-corrected chi connectivity index (χ1v) is 11.0. The summed E-state index contributed by atoms with van der Waals surface area (Å²) in [7, 11) is 0. The van der Waals surface area contributed by atoms with Gasteiger partial charge >= 0.3 is 5.97 Å². The first-order valence-electron chi connectivity index (χ1n) is 11.0. The molecule has 0 saturated heterocycles. The molecule has 0 aliphatic heterocycles. The summed E-state index contributed by atoms with van der Waals surface area (Å²) >= 11 is 0. The van der Waals surface area contributed by atoms with E-state index in [1.807, 2.05) is 25.2 Å². The molecule has 5 heteroatoms. The fourth-order valence-corrected chi connectivity index (χ4v) is 3.95. The van der Waals surface area contributed by atoms with Crippen LogP contribution in [0.3, 0.4) is 0 Å². The van der Waals surface area contributed by atoms with E-state index in [2.05, 4.69) is 58.0 Å². The molecule has 0 aromatic heterocycles. The molecule has 0 aromatic rings. The van der Waals surface area contributed by atoms with Gasteiger partial charge in [0.05, 0.1) is 24.9 Å². The Hall–Kier alpha value is -1.43. The molecule has 0 heterocycles. The summed E-state index contributed by atoms with van der Waals surface area (Å²) < 4.78 is 11.9. The van der Waals surface area contributed by atoms with Gasteiger partial charge in [-0.15, -0.1) is 13.2 Å². The normalized spacial score (nSPS) is 22.5. The molecule has 0 saturated carbocycles. The molecule has 1 aliphatic carbocycles. The third kappa shape index (κ3) is 8.07. The lowest BCUT2D eigenvalue weighted by molar-refractivity contribution is -0.139. The molecule has 0 fully saturated rings. The highest BCUT2D eigenvalue weighted by atomic mass is 16.5. The van der Waals surface area contributed by atoms with Gasteiger partial charge in [0.1, 0.15) is 0 Å². The summed E-state index contributed by atoms with van der Waals surface area (Å²) in [6, 6.07) is 0.0997. The van der Waals surface area contributed by atoms with E-state index >= 15 is 0 Å². The van der Waals surface area contributed by atoms with Crippen LogP contribution in [0, 0.1) is 0 Å². The van der Waals surface area contributed by atoms with Crippen LogP contribution in [-0.4, -0.2) is 60.4 Å². The molecular formula is C24H42N2O3. The van der Waals surface area contributed by atoms with E-state index in [0.717, 1.165) is 25.9 Å². The Bertz CT molecular complexity index is 551. The molecule has 1 aliphatic rings. The molecule has 0 unspecified atom stereocenters. The highest BCUT2D eigenvalue weighted by Crippen LogP contribution is 2.29. The average Bonchev–Trinajstić information content (AvgIpc) is 2.64. The van der Waals surface area contributed by atoms with Gasteiger partial charge in [-0.25, -0.2) is 4.79 Å². The predicted octanol–water partition coefficient (Wildman–Crippen LogP) is 4.25. The van der Waals surface area contributed by atoms with Crippen molar-refractivity contribution in [1.29, 1.82) is 0 Å². The number of hydrogen-bond acceptors (Lipinski definition) is 5. The minimum absolute atomic E-state index is 0.0404. The van der Waals surface area contributed by atoms with Gasteiger partial charge in [0.15, 0.2) is 0 Å². The first-order chi connectivity index (χ1) is 13.7. The van der Waals surface area contributed by atoms with Crippen molar-refractivity contribution in [1.82, 2.24) is 10.2 Å². The van der Waals surface area contributed by atoms with E-state index in [4.69, 9.17) is 9.47 Å².